The molecule has 0 saturated heterocycles. The smallest absolute Gasteiger partial charge is 0.212 e. The molecule has 4 nitrogen and oxygen atoms in total. The SMILES string of the molecule is COc1ccc(C(=O)Cc2ccc(OCc3ccccc3)cc2)cn1. The molecule has 0 unspecified atom stereocenters. The first-order valence-corrected chi connectivity index (χ1v) is 8.03. The molecule has 25 heavy (non-hydrogen) atoms. The molecule has 4 heteroatoms. The Hall–Kier alpha value is -3.14. The highest BCUT2D eigenvalue weighted by molar-refractivity contribution is 5.97. The molecule has 0 saturated carbocycles. The van der Waals surface area contributed by atoms with Crippen molar-refractivity contribution in [2.45, 2.75) is 13.0 Å². The zero-order valence-corrected chi connectivity index (χ0v) is 14.0. The van der Waals surface area contributed by atoms with Crippen LogP contribution in [0.5, 0.6) is 11.6 Å². The molecule has 0 amide bonds. The normalized spacial score (nSPS) is 10.3. The van der Waals surface area contributed by atoms with Crippen molar-refractivity contribution in [3.63, 3.8) is 0 Å². The second-order valence-electron chi connectivity index (χ2n) is 5.61. The number of hydrogen-bond donors (Lipinski definition) is 0. The number of ether oxygens (including phenoxy) is 2. The summed E-state index contributed by atoms with van der Waals surface area (Å²) in [4.78, 5) is 16.4. The lowest BCUT2D eigenvalue weighted by Gasteiger charge is -2.07. The highest BCUT2D eigenvalue weighted by atomic mass is 16.5. The van der Waals surface area contributed by atoms with Crippen LogP contribution in [-0.2, 0) is 13.0 Å². The summed E-state index contributed by atoms with van der Waals surface area (Å²) < 4.78 is 10.8. The molecule has 0 fully saturated rings. The van der Waals surface area contributed by atoms with Crippen molar-refractivity contribution in [3.05, 3.63) is 89.6 Å². The van der Waals surface area contributed by atoms with E-state index < -0.39 is 0 Å². The molecular weight excluding hydrogens is 314 g/mol. The lowest BCUT2D eigenvalue weighted by atomic mass is 10.0. The number of pyridine rings is 1. The largest absolute Gasteiger partial charge is 0.489 e. The average Bonchev–Trinajstić information content (AvgIpc) is 2.68. The summed E-state index contributed by atoms with van der Waals surface area (Å²) in [5.74, 6) is 1.30. The van der Waals surface area contributed by atoms with E-state index in [0.717, 1.165) is 16.9 Å². The molecule has 3 rings (SSSR count). The van der Waals surface area contributed by atoms with Crippen LogP contribution in [0.15, 0.2) is 72.9 Å². The Morgan fingerprint density at radius 1 is 0.920 bits per heavy atom. The van der Waals surface area contributed by atoms with Crippen molar-refractivity contribution in [2.24, 2.45) is 0 Å². The third-order valence-electron chi connectivity index (χ3n) is 3.80. The molecule has 0 bridgehead atoms. The van der Waals surface area contributed by atoms with Gasteiger partial charge in [-0.25, -0.2) is 4.98 Å². The monoisotopic (exact) mass is 333 g/mol. The minimum Gasteiger partial charge on any atom is -0.489 e. The summed E-state index contributed by atoms with van der Waals surface area (Å²) >= 11 is 0. The second-order valence-corrected chi connectivity index (χ2v) is 5.61. The Kier molecular flexibility index (Phi) is 5.42. The molecule has 126 valence electrons. The number of nitrogens with zero attached hydrogens (tertiary/aromatic N) is 1. The van der Waals surface area contributed by atoms with E-state index in [0.29, 0.717) is 24.5 Å². The number of rotatable bonds is 7. The predicted octanol–water partition coefficient (Wildman–Crippen LogP) is 4.09. The van der Waals surface area contributed by atoms with Gasteiger partial charge in [0, 0.05) is 24.2 Å². The van der Waals surface area contributed by atoms with Crippen LogP contribution < -0.4 is 9.47 Å². The predicted molar refractivity (Wildman–Crippen MR) is 96.0 cm³/mol. The summed E-state index contributed by atoms with van der Waals surface area (Å²) in [6.07, 6.45) is 1.87. The van der Waals surface area contributed by atoms with Crippen molar-refractivity contribution in [2.75, 3.05) is 7.11 Å². The van der Waals surface area contributed by atoms with Gasteiger partial charge in [-0.15, -0.1) is 0 Å². The minimum absolute atomic E-state index is 0.0214. The van der Waals surface area contributed by atoms with Crippen molar-refractivity contribution in [3.8, 4) is 11.6 Å². The van der Waals surface area contributed by atoms with Crippen LogP contribution in [-0.4, -0.2) is 17.9 Å². The van der Waals surface area contributed by atoms with E-state index >= 15 is 0 Å². The van der Waals surface area contributed by atoms with E-state index in [-0.39, 0.29) is 5.78 Å². The average molecular weight is 333 g/mol. The first-order valence-electron chi connectivity index (χ1n) is 8.03. The van der Waals surface area contributed by atoms with Gasteiger partial charge in [-0.3, -0.25) is 4.79 Å². The quantitative estimate of drug-likeness (QED) is 0.611. The molecular formula is C21H19NO3. The van der Waals surface area contributed by atoms with Crippen molar-refractivity contribution < 1.29 is 14.3 Å². The number of carbonyl (C=O) groups is 1. The van der Waals surface area contributed by atoms with E-state index in [4.69, 9.17) is 9.47 Å². The molecule has 0 spiro atoms. The fourth-order valence-corrected chi connectivity index (χ4v) is 2.40. The maximum absolute atomic E-state index is 12.3. The van der Waals surface area contributed by atoms with Crippen LogP contribution in [0.3, 0.4) is 0 Å². The molecule has 1 aromatic heterocycles. The van der Waals surface area contributed by atoms with E-state index in [1.807, 2.05) is 54.6 Å². The van der Waals surface area contributed by atoms with Crippen LogP contribution in [0.2, 0.25) is 0 Å². The fraction of sp³-hybridized carbons (Fsp3) is 0.143. The molecule has 0 aliphatic heterocycles. The minimum atomic E-state index is 0.0214. The highest BCUT2D eigenvalue weighted by Crippen LogP contribution is 2.16. The first kappa shape index (κ1) is 16.7. The third kappa shape index (κ3) is 4.67. The Labute approximate surface area is 147 Å². The summed E-state index contributed by atoms with van der Waals surface area (Å²) in [5, 5.41) is 0. The van der Waals surface area contributed by atoms with Gasteiger partial charge in [-0.1, -0.05) is 42.5 Å². The summed E-state index contributed by atoms with van der Waals surface area (Å²) in [5.41, 5.74) is 2.63. The molecule has 0 atom stereocenters. The van der Waals surface area contributed by atoms with Gasteiger partial charge >= 0.3 is 0 Å². The maximum atomic E-state index is 12.3. The number of carbonyl (C=O) groups excluding carboxylic acids is 1. The lowest BCUT2D eigenvalue weighted by Crippen LogP contribution is -2.04. The molecule has 1 heterocycles. The van der Waals surface area contributed by atoms with Crippen LogP contribution in [0.1, 0.15) is 21.5 Å². The van der Waals surface area contributed by atoms with Gasteiger partial charge < -0.3 is 9.47 Å². The maximum Gasteiger partial charge on any atom is 0.212 e. The van der Waals surface area contributed by atoms with Crippen LogP contribution in [0.4, 0.5) is 0 Å². The van der Waals surface area contributed by atoms with E-state index in [1.54, 1.807) is 25.4 Å². The topological polar surface area (TPSA) is 48.4 Å². The standard InChI is InChI=1S/C21H19NO3/c1-24-21-12-9-18(14-22-21)20(23)13-16-7-10-19(11-8-16)25-15-17-5-3-2-4-6-17/h2-12,14H,13,15H2,1H3. The number of ketones is 1. The second kappa shape index (κ2) is 8.11. The van der Waals surface area contributed by atoms with Gasteiger partial charge in [0.1, 0.15) is 12.4 Å². The van der Waals surface area contributed by atoms with E-state index in [1.165, 1.54) is 0 Å². The van der Waals surface area contributed by atoms with Gasteiger partial charge in [-0.2, -0.15) is 0 Å². The number of Topliss-reactive ketones (excluding diaryl/α,β-unsaturated/α-hetero) is 1. The molecule has 3 aromatic rings. The van der Waals surface area contributed by atoms with Crippen LogP contribution >= 0.6 is 0 Å². The Bertz CT molecular complexity index is 812. The zero-order valence-electron chi connectivity index (χ0n) is 14.0. The van der Waals surface area contributed by atoms with E-state index in [9.17, 15) is 4.79 Å². The summed E-state index contributed by atoms with van der Waals surface area (Å²) in [7, 11) is 1.55. The van der Waals surface area contributed by atoms with E-state index in [2.05, 4.69) is 4.98 Å². The Morgan fingerprint density at radius 2 is 1.68 bits per heavy atom. The fourth-order valence-electron chi connectivity index (χ4n) is 2.40. The van der Waals surface area contributed by atoms with Crippen molar-refractivity contribution >= 4 is 5.78 Å². The molecule has 2 aromatic carbocycles. The first-order chi connectivity index (χ1) is 12.2. The van der Waals surface area contributed by atoms with Crippen LogP contribution in [0, 0.1) is 0 Å². The van der Waals surface area contributed by atoms with Gasteiger partial charge in [0.25, 0.3) is 0 Å². The summed E-state index contributed by atoms with van der Waals surface area (Å²) in [6, 6.07) is 21.0. The molecule has 0 N–H and O–H groups in total. The van der Waals surface area contributed by atoms with Gasteiger partial charge in [0.15, 0.2) is 5.78 Å². The van der Waals surface area contributed by atoms with Crippen LogP contribution in [0.25, 0.3) is 0 Å². The van der Waals surface area contributed by atoms with Crippen molar-refractivity contribution in [1.29, 1.82) is 0 Å². The Morgan fingerprint density at radius 3 is 2.32 bits per heavy atom. The number of hydrogen-bond acceptors (Lipinski definition) is 4. The summed E-state index contributed by atoms with van der Waals surface area (Å²) in [6.45, 7) is 0.524. The Balaban J connectivity index is 1.57. The lowest BCUT2D eigenvalue weighted by molar-refractivity contribution is 0.0992. The third-order valence-corrected chi connectivity index (χ3v) is 3.80. The highest BCUT2D eigenvalue weighted by Gasteiger charge is 2.08. The number of benzene rings is 2. The van der Waals surface area contributed by atoms with Gasteiger partial charge in [0.2, 0.25) is 5.88 Å². The molecule has 0 aliphatic carbocycles. The molecule has 0 aliphatic rings. The number of methoxy groups -OCH3 is 1. The zero-order chi connectivity index (χ0) is 17.5. The molecule has 0 radical (unpaired) electrons. The van der Waals surface area contributed by atoms with Gasteiger partial charge in [-0.05, 0) is 29.3 Å². The number of aromatic nitrogens is 1. The van der Waals surface area contributed by atoms with Gasteiger partial charge in [0.05, 0.1) is 7.11 Å². The van der Waals surface area contributed by atoms with Crippen molar-refractivity contribution in [1.82, 2.24) is 4.98 Å².